The summed E-state index contributed by atoms with van der Waals surface area (Å²) in [4.78, 5) is 25.8. The van der Waals surface area contributed by atoms with E-state index in [2.05, 4.69) is 5.32 Å². The lowest BCUT2D eigenvalue weighted by molar-refractivity contribution is 0.101. The fourth-order valence-electron chi connectivity index (χ4n) is 3.18. The van der Waals surface area contributed by atoms with Gasteiger partial charge in [-0.3, -0.25) is 9.59 Å². The van der Waals surface area contributed by atoms with Gasteiger partial charge in [0.25, 0.3) is 5.91 Å². The molecule has 0 bridgehead atoms. The van der Waals surface area contributed by atoms with E-state index in [1.54, 1.807) is 6.07 Å². The third-order valence-corrected chi connectivity index (χ3v) is 5.88. The minimum absolute atomic E-state index is 0.0374. The molecule has 3 nitrogen and oxygen atoms in total. The molecule has 0 heterocycles. The Labute approximate surface area is 190 Å². The topological polar surface area (TPSA) is 46.2 Å². The lowest BCUT2D eigenvalue weighted by Gasteiger charge is -2.08. The number of Topliss-reactive ketones (excluding diaryl/α,β-unsaturated/α-hetero) is 1. The predicted octanol–water partition coefficient (Wildman–Crippen LogP) is 6.72. The Morgan fingerprint density at radius 2 is 1.38 bits per heavy atom. The van der Waals surface area contributed by atoms with Crippen LogP contribution < -0.4 is 5.32 Å². The van der Waals surface area contributed by atoms with Gasteiger partial charge in [0.05, 0.1) is 5.75 Å². The van der Waals surface area contributed by atoms with E-state index in [1.165, 1.54) is 36.0 Å². The van der Waals surface area contributed by atoms with Gasteiger partial charge in [-0.15, -0.1) is 11.8 Å². The Morgan fingerprint density at radius 3 is 2.09 bits per heavy atom. The van der Waals surface area contributed by atoms with Crippen molar-refractivity contribution in [2.45, 2.75) is 4.90 Å². The van der Waals surface area contributed by atoms with Crippen molar-refractivity contribution in [3.05, 3.63) is 120 Å². The quantitative estimate of drug-likeness (QED) is 0.256. The highest BCUT2D eigenvalue weighted by Crippen LogP contribution is 2.24. The van der Waals surface area contributed by atoms with Crippen LogP contribution >= 0.6 is 11.8 Å². The molecule has 4 aromatic rings. The molecule has 0 fully saturated rings. The first-order valence-corrected chi connectivity index (χ1v) is 11.1. The maximum absolute atomic E-state index is 13.0. The number of benzene rings is 4. The summed E-state index contributed by atoms with van der Waals surface area (Å²) in [5.41, 5.74) is 3.83. The number of hydrogen-bond acceptors (Lipinski definition) is 3. The van der Waals surface area contributed by atoms with E-state index >= 15 is 0 Å². The van der Waals surface area contributed by atoms with E-state index in [0.29, 0.717) is 22.6 Å². The Morgan fingerprint density at radius 1 is 0.719 bits per heavy atom. The zero-order chi connectivity index (χ0) is 22.3. The van der Waals surface area contributed by atoms with E-state index < -0.39 is 0 Å². The van der Waals surface area contributed by atoms with Crippen molar-refractivity contribution in [3.63, 3.8) is 0 Å². The summed E-state index contributed by atoms with van der Waals surface area (Å²) in [6.07, 6.45) is 0. The number of carbonyl (C=O) groups is 2. The molecule has 0 saturated heterocycles. The molecular formula is C27H20FNO2S. The monoisotopic (exact) mass is 441 g/mol. The third kappa shape index (κ3) is 5.50. The molecule has 0 spiro atoms. The molecule has 4 aromatic carbocycles. The summed E-state index contributed by atoms with van der Waals surface area (Å²) in [5, 5.41) is 2.80. The molecule has 0 atom stereocenters. The Kier molecular flexibility index (Phi) is 6.78. The molecule has 0 aromatic heterocycles. The second kappa shape index (κ2) is 10.1. The van der Waals surface area contributed by atoms with E-state index in [9.17, 15) is 14.0 Å². The molecule has 32 heavy (non-hydrogen) atoms. The number of halogens is 1. The molecule has 1 amide bonds. The van der Waals surface area contributed by atoms with Gasteiger partial charge in [0.15, 0.2) is 5.78 Å². The van der Waals surface area contributed by atoms with Crippen molar-refractivity contribution in [1.82, 2.24) is 0 Å². The number of thioether (sulfide) groups is 1. The summed E-state index contributed by atoms with van der Waals surface area (Å²) >= 11 is 1.41. The minimum atomic E-state index is -0.390. The molecular weight excluding hydrogens is 421 g/mol. The summed E-state index contributed by atoms with van der Waals surface area (Å²) < 4.78 is 13.0. The van der Waals surface area contributed by atoms with Crippen LogP contribution in [0.25, 0.3) is 11.1 Å². The minimum Gasteiger partial charge on any atom is -0.322 e. The largest absolute Gasteiger partial charge is 0.322 e. The summed E-state index contributed by atoms with van der Waals surface area (Å²) in [7, 11) is 0. The smallest absolute Gasteiger partial charge is 0.255 e. The van der Waals surface area contributed by atoms with Gasteiger partial charge in [-0.05, 0) is 53.6 Å². The molecule has 0 aliphatic heterocycles. The maximum atomic E-state index is 13.0. The van der Waals surface area contributed by atoms with Gasteiger partial charge in [0.2, 0.25) is 0 Å². The average Bonchev–Trinajstić information content (AvgIpc) is 2.84. The number of carbonyl (C=O) groups excluding carboxylic acids is 2. The van der Waals surface area contributed by atoms with Crippen LogP contribution in [0.2, 0.25) is 0 Å². The van der Waals surface area contributed by atoms with Crippen molar-refractivity contribution in [2.75, 3.05) is 11.1 Å². The molecule has 158 valence electrons. The van der Waals surface area contributed by atoms with Crippen molar-refractivity contribution < 1.29 is 14.0 Å². The van der Waals surface area contributed by atoms with Crippen LogP contribution in [-0.4, -0.2) is 17.4 Å². The van der Waals surface area contributed by atoms with Crippen molar-refractivity contribution >= 4 is 29.1 Å². The van der Waals surface area contributed by atoms with Gasteiger partial charge in [0.1, 0.15) is 5.82 Å². The van der Waals surface area contributed by atoms with E-state index in [1.807, 2.05) is 72.8 Å². The van der Waals surface area contributed by atoms with Crippen molar-refractivity contribution in [3.8, 4) is 11.1 Å². The number of rotatable bonds is 7. The van der Waals surface area contributed by atoms with Crippen LogP contribution in [0.4, 0.5) is 10.1 Å². The molecule has 4 rings (SSSR count). The van der Waals surface area contributed by atoms with E-state index in [0.717, 1.165) is 16.0 Å². The van der Waals surface area contributed by atoms with Crippen LogP contribution in [0.15, 0.2) is 108 Å². The Bertz CT molecular complexity index is 1220. The first-order chi connectivity index (χ1) is 15.6. The normalized spacial score (nSPS) is 10.5. The van der Waals surface area contributed by atoms with E-state index in [4.69, 9.17) is 0 Å². The molecule has 1 N–H and O–H groups in total. The summed E-state index contributed by atoms with van der Waals surface area (Å²) in [5.74, 6) is -0.378. The highest BCUT2D eigenvalue weighted by Gasteiger charge is 2.10. The predicted molar refractivity (Wildman–Crippen MR) is 128 cm³/mol. The Balaban J connectivity index is 1.36. The van der Waals surface area contributed by atoms with Gasteiger partial charge in [0, 0.05) is 21.7 Å². The van der Waals surface area contributed by atoms with Crippen LogP contribution in [0.3, 0.4) is 0 Å². The molecule has 0 radical (unpaired) electrons. The van der Waals surface area contributed by atoms with Crippen LogP contribution in [-0.2, 0) is 0 Å². The lowest BCUT2D eigenvalue weighted by Crippen LogP contribution is -2.11. The number of anilines is 1. The lowest BCUT2D eigenvalue weighted by atomic mass is 10.0. The third-order valence-electron chi connectivity index (χ3n) is 4.88. The highest BCUT2D eigenvalue weighted by atomic mass is 32.2. The number of nitrogens with one attached hydrogen (secondary N) is 1. The van der Waals surface area contributed by atoms with Gasteiger partial charge in [-0.25, -0.2) is 4.39 Å². The van der Waals surface area contributed by atoms with Gasteiger partial charge in [-0.1, -0.05) is 60.7 Å². The molecule has 0 aliphatic carbocycles. The van der Waals surface area contributed by atoms with Gasteiger partial charge >= 0.3 is 0 Å². The Hall–Kier alpha value is -3.70. The molecule has 0 saturated carbocycles. The van der Waals surface area contributed by atoms with Crippen molar-refractivity contribution in [1.29, 1.82) is 0 Å². The fourth-order valence-corrected chi connectivity index (χ4v) is 4.03. The summed E-state index contributed by atoms with van der Waals surface area (Å²) in [6.45, 7) is 0. The first-order valence-electron chi connectivity index (χ1n) is 10.1. The highest BCUT2D eigenvalue weighted by molar-refractivity contribution is 8.00. The first kappa shape index (κ1) is 21.5. The second-order valence-corrected chi connectivity index (χ2v) is 8.19. The fraction of sp³-hybridized carbons (Fsp3) is 0.0370. The number of ketones is 1. The van der Waals surface area contributed by atoms with Crippen molar-refractivity contribution in [2.24, 2.45) is 0 Å². The standard InChI is InChI=1S/C27H20FNO2S/c28-23-15-13-22(14-16-23)27(31)29-24-7-4-8-25(17-24)32-18-26(30)21-11-9-20(10-12-21)19-5-2-1-3-6-19/h1-17H,18H2,(H,29,31). The second-order valence-electron chi connectivity index (χ2n) is 7.14. The average molecular weight is 442 g/mol. The molecule has 0 unspecified atom stereocenters. The van der Waals surface area contributed by atoms with Gasteiger partial charge < -0.3 is 5.32 Å². The maximum Gasteiger partial charge on any atom is 0.255 e. The van der Waals surface area contributed by atoms with Crippen LogP contribution in [0.1, 0.15) is 20.7 Å². The number of hydrogen-bond donors (Lipinski definition) is 1. The zero-order valence-electron chi connectivity index (χ0n) is 17.1. The molecule has 0 aliphatic rings. The SMILES string of the molecule is O=C(CSc1cccc(NC(=O)c2ccc(F)cc2)c1)c1ccc(-c2ccccc2)cc1. The zero-order valence-corrected chi connectivity index (χ0v) is 17.9. The van der Waals surface area contributed by atoms with Crippen LogP contribution in [0, 0.1) is 5.82 Å². The number of amides is 1. The summed E-state index contributed by atoms with van der Waals surface area (Å²) in [6, 6.07) is 30.3. The van der Waals surface area contributed by atoms with E-state index in [-0.39, 0.29) is 17.5 Å². The van der Waals surface area contributed by atoms with Crippen LogP contribution in [0.5, 0.6) is 0 Å². The van der Waals surface area contributed by atoms with Gasteiger partial charge in [-0.2, -0.15) is 0 Å². The molecule has 5 heteroatoms.